The molecule has 0 aromatic carbocycles. The molecule has 82 valence electrons. The van der Waals surface area contributed by atoms with E-state index in [4.69, 9.17) is 9.47 Å². The third kappa shape index (κ3) is 5.20. The lowest BCUT2D eigenvalue weighted by molar-refractivity contribution is -0.109. The summed E-state index contributed by atoms with van der Waals surface area (Å²) in [6, 6.07) is 0. The molecule has 0 aromatic heterocycles. The predicted molar refractivity (Wildman–Crippen MR) is 60.2 cm³/mol. The van der Waals surface area contributed by atoms with Gasteiger partial charge in [0.1, 0.15) is 0 Å². The summed E-state index contributed by atoms with van der Waals surface area (Å²) in [5.74, 6) is 0. The average molecular weight is 198 g/mol. The summed E-state index contributed by atoms with van der Waals surface area (Å²) in [6.45, 7) is 9.40. The van der Waals surface area contributed by atoms with E-state index in [-0.39, 0.29) is 6.29 Å². The fourth-order valence-corrected chi connectivity index (χ4v) is 1.11. The number of hydrogen-bond donors (Lipinski definition) is 0. The highest BCUT2D eigenvalue weighted by molar-refractivity contribution is 5.20. The van der Waals surface area contributed by atoms with E-state index in [1.54, 1.807) is 0 Å². The zero-order valence-corrected chi connectivity index (χ0v) is 9.75. The third-order valence-corrected chi connectivity index (χ3v) is 1.79. The fourth-order valence-electron chi connectivity index (χ4n) is 1.11. The Balaban J connectivity index is 4.34. The summed E-state index contributed by atoms with van der Waals surface area (Å²) in [4.78, 5) is 0. The summed E-state index contributed by atoms with van der Waals surface area (Å²) in [5.41, 5.74) is 1.09. The van der Waals surface area contributed by atoms with Crippen LogP contribution in [0.2, 0.25) is 0 Å². The van der Waals surface area contributed by atoms with Crippen molar-refractivity contribution in [1.82, 2.24) is 0 Å². The first kappa shape index (κ1) is 13.4. The van der Waals surface area contributed by atoms with Crippen LogP contribution in [-0.4, -0.2) is 19.5 Å². The summed E-state index contributed by atoms with van der Waals surface area (Å²) in [6.07, 6.45) is 7.03. The number of hydrogen-bond acceptors (Lipinski definition) is 2. The summed E-state index contributed by atoms with van der Waals surface area (Å²) >= 11 is 0. The maximum absolute atomic E-state index is 5.49. The molecular formula is C12H22O2. The molecule has 0 unspecified atom stereocenters. The molecule has 0 atom stereocenters. The standard InChI is InChI=1S/C12H22O2/c1-5-9-10-11(6-2)12(13-7-3)14-8-4/h6,9-10,12H,5,7-8H2,1-4H3/b10-9-,11-6-. The van der Waals surface area contributed by atoms with Crippen LogP contribution in [0, 0.1) is 0 Å². The van der Waals surface area contributed by atoms with Crippen LogP contribution in [0.3, 0.4) is 0 Å². The molecule has 0 bridgehead atoms. The predicted octanol–water partition coefficient (Wildman–Crippen LogP) is 3.30. The van der Waals surface area contributed by atoms with E-state index < -0.39 is 0 Å². The van der Waals surface area contributed by atoms with Gasteiger partial charge in [0.2, 0.25) is 0 Å². The van der Waals surface area contributed by atoms with Crippen molar-refractivity contribution < 1.29 is 9.47 Å². The molecular weight excluding hydrogens is 176 g/mol. The van der Waals surface area contributed by atoms with Gasteiger partial charge in [-0.3, -0.25) is 0 Å². The van der Waals surface area contributed by atoms with Gasteiger partial charge in [0.15, 0.2) is 6.29 Å². The van der Waals surface area contributed by atoms with Crippen molar-refractivity contribution in [2.24, 2.45) is 0 Å². The van der Waals surface area contributed by atoms with Crippen molar-refractivity contribution in [2.45, 2.75) is 40.4 Å². The first-order chi connectivity index (χ1) is 6.79. The van der Waals surface area contributed by atoms with E-state index >= 15 is 0 Å². The quantitative estimate of drug-likeness (QED) is 0.461. The van der Waals surface area contributed by atoms with Crippen LogP contribution in [0.15, 0.2) is 23.8 Å². The molecule has 0 amide bonds. The Hall–Kier alpha value is -0.600. The number of rotatable bonds is 7. The molecule has 0 heterocycles. The van der Waals surface area contributed by atoms with E-state index in [0.29, 0.717) is 13.2 Å². The largest absolute Gasteiger partial charge is 0.349 e. The minimum absolute atomic E-state index is 0.210. The Morgan fingerprint density at radius 3 is 2.07 bits per heavy atom. The van der Waals surface area contributed by atoms with E-state index in [0.717, 1.165) is 12.0 Å². The van der Waals surface area contributed by atoms with Crippen molar-refractivity contribution in [3.05, 3.63) is 23.8 Å². The van der Waals surface area contributed by atoms with Gasteiger partial charge >= 0.3 is 0 Å². The van der Waals surface area contributed by atoms with Crippen LogP contribution in [0.25, 0.3) is 0 Å². The molecule has 0 aliphatic rings. The fraction of sp³-hybridized carbons (Fsp3) is 0.667. The average Bonchev–Trinajstić information content (AvgIpc) is 2.19. The molecule has 2 nitrogen and oxygen atoms in total. The van der Waals surface area contributed by atoms with Gasteiger partial charge in [-0.2, -0.15) is 0 Å². The van der Waals surface area contributed by atoms with Gasteiger partial charge in [-0.05, 0) is 27.2 Å². The molecule has 14 heavy (non-hydrogen) atoms. The van der Waals surface area contributed by atoms with Gasteiger partial charge in [0.25, 0.3) is 0 Å². The molecule has 0 rings (SSSR count). The SMILES string of the molecule is C/C=C(/C=C\CC)C(OCC)OCC. The molecule has 0 N–H and O–H groups in total. The highest BCUT2D eigenvalue weighted by atomic mass is 16.7. The molecule has 0 aliphatic heterocycles. The van der Waals surface area contributed by atoms with Crippen LogP contribution in [-0.2, 0) is 9.47 Å². The molecule has 0 aliphatic carbocycles. The van der Waals surface area contributed by atoms with Gasteiger partial charge in [-0.25, -0.2) is 0 Å². The highest BCUT2D eigenvalue weighted by Gasteiger charge is 2.10. The smallest absolute Gasteiger partial charge is 0.183 e. The van der Waals surface area contributed by atoms with Gasteiger partial charge in [-0.1, -0.05) is 25.2 Å². The Kier molecular flexibility index (Phi) is 8.59. The second-order valence-electron chi connectivity index (χ2n) is 2.84. The minimum Gasteiger partial charge on any atom is -0.349 e. The Bertz CT molecular complexity index is 177. The van der Waals surface area contributed by atoms with Crippen molar-refractivity contribution >= 4 is 0 Å². The van der Waals surface area contributed by atoms with E-state index in [1.807, 2.05) is 26.8 Å². The van der Waals surface area contributed by atoms with Crippen molar-refractivity contribution in [3.8, 4) is 0 Å². The molecule has 2 heteroatoms. The van der Waals surface area contributed by atoms with Gasteiger partial charge in [-0.15, -0.1) is 0 Å². The zero-order valence-electron chi connectivity index (χ0n) is 9.75. The number of ether oxygens (including phenoxy) is 2. The minimum atomic E-state index is -0.210. The molecule has 0 aromatic rings. The summed E-state index contributed by atoms with van der Waals surface area (Å²) in [7, 11) is 0. The van der Waals surface area contributed by atoms with Crippen molar-refractivity contribution in [1.29, 1.82) is 0 Å². The second-order valence-corrected chi connectivity index (χ2v) is 2.84. The molecule has 0 spiro atoms. The lowest BCUT2D eigenvalue weighted by Gasteiger charge is -2.17. The summed E-state index contributed by atoms with van der Waals surface area (Å²) < 4.78 is 11.0. The Labute approximate surface area is 87.6 Å². The Morgan fingerprint density at radius 1 is 1.14 bits per heavy atom. The van der Waals surface area contributed by atoms with E-state index in [2.05, 4.69) is 19.1 Å². The van der Waals surface area contributed by atoms with Crippen LogP contribution in [0.5, 0.6) is 0 Å². The normalized spacial score (nSPS) is 13.1. The van der Waals surface area contributed by atoms with Gasteiger partial charge < -0.3 is 9.47 Å². The second kappa shape index (κ2) is 8.97. The van der Waals surface area contributed by atoms with Crippen LogP contribution >= 0.6 is 0 Å². The van der Waals surface area contributed by atoms with E-state index in [1.165, 1.54) is 0 Å². The molecule has 0 saturated heterocycles. The maximum atomic E-state index is 5.49. The van der Waals surface area contributed by atoms with Crippen molar-refractivity contribution in [3.63, 3.8) is 0 Å². The monoisotopic (exact) mass is 198 g/mol. The first-order valence-corrected chi connectivity index (χ1v) is 5.36. The lowest BCUT2D eigenvalue weighted by atomic mass is 10.2. The van der Waals surface area contributed by atoms with Crippen LogP contribution in [0.4, 0.5) is 0 Å². The zero-order chi connectivity index (χ0) is 10.8. The maximum Gasteiger partial charge on any atom is 0.183 e. The third-order valence-electron chi connectivity index (χ3n) is 1.79. The molecule has 0 radical (unpaired) electrons. The van der Waals surface area contributed by atoms with Crippen LogP contribution in [0.1, 0.15) is 34.1 Å². The molecule has 0 fully saturated rings. The first-order valence-electron chi connectivity index (χ1n) is 5.36. The topological polar surface area (TPSA) is 18.5 Å². The van der Waals surface area contributed by atoms with Crippen LogP contribution < -0.4 is 0 Å². The van der Waals surface area contributed by atoms with E-state index in [9.17, 15) is 0 Å². The highest BCUT2D eigenvalue weighted by Crippen LogP contribution is 2.10. The van der Waals surface area contributed by atoms with Gasteiger partial charge in [0, 0.05) is 18.8 Å². The van der Waals surface area contributed by atoms with Gasteiger partial charge in [0.05, 0.1) is 0 Å². The lowest BCUT2D eigenvalue weighted by Crippen LogP contribution is -2.19. The molecule has 0 saturated carbocycles. The Morgan fingerprint density at radius 2 is 1.71 bits per heavy atom. The van der Waals surface area contributed by atoms with Crippen molar-refractivity contribution in [2.75, 3.05) is 13.2 Å². The number of allylic oxidation sites excluding steroid dienone is 2. The summed E-state index contributed by atoms with van der Waals surface area (Å²) in [5, 5.41) is 0.